The van der Waals surface area contributed by atoms with Crippen LogP contribution in [0.5, 0.6) is 0 Å². The summed E-state index contributed by atoms with van der Waals surface area (Å²) >= 11 is 1.22. The molecule has 3 rings (SSSR count). The van der Waals surface area contributed by atoms with Crippen LogP contribution in [0.2, 0.25) is 0 Å². The molecule has 7 nitrogen and oxygen atoms in total. The lowest BCUT2D eigenvalue weighted by atomic mass is 10.3. The van der Waals surface area contributed by atoms with Crippen LogP contribution in [0.4, 0.5) is 10.3 Å². The molecule has 0 bridgehead atoms. The van der Waals surface area contributed by atoms with Crippen molar-refractivity contribution in [3.63, 3.8) is 0 Å². The van der Waals surface area contributed by atoms with Gasteiger partial charge in [0.1, 0.15) is 11.2 Å². The van der Waals surface area contributed by atoms with Gasteiger partial charge in [0.25, 0.3) is 5.56 Å². The molecular formula is C10H10FN5O2S. The minimum atomic E-state index is -0.684. The number of hydrogen-bond donors (Lipinski definition) is 3. The van der Waals surface area contributed by atoms with Crippen molar-refractivity contribution in [1.82, 2.24) is 19.5 Å². The number of H-pyrrole nitrogens is 1. The largest absolute Gasteiger partial charge is 0.395 e. The number of aromatic amines is 1. The van der Waals surface area contributed by atoms with E-state index < -0.39 is 16.8 Å². The third kappa shape index (κ3) is 1.90. The molecule has 4 N–H and O–H groups in total. The maximum atomic E-state index is 13.9. The van der Waals surface area contributed by atoms with E-state index in [4.69, 9.17) is 10.8 Å². The third-order valence-corrected chi connectivity index (χ3v) is 4.11. The zero-order valence-electron chi connectivity index (χ0n) is 9.58. The van der Waals surface area contributed by atoms with Gasteiger partial charge in [-0.2, -0.15) is 4.98 Å². The number of nitrogens with two attached hydrogens (primary N) is 1. The van der Waals surface area contributed by atoms with Gasteiger partial charge in [-0.05, 0) is 6.08 Å². The molecule has 1 aliphatic rings. The number of nitrogen functional groups attached to an aromatic ring is 1. The van der Waals surface area contributed by atoms with Crippen LogP contribution in [0.1, 0.15) is 5.37 Å². The van der Waals surface area contributed by atoms with Crippen LogP contribution in [-0.2, 0) is 0 Å². The number of nitrogens with one attached hydrogen (secondary N) is 1. The normalized spacial score (nSPS) is 22.9. The van der Waals surface area contributed by atoms with Crippen molar-refractivity contribution < 1.29 is 9.50 Å². The molecular weight excluding hydrogens is 273 g/mol. The molecule has 0 fully saturated rings. The molecule has 2 aromatic rings. The van der Waals surface area contributed by atoms with Gasteiger partial charge in [-0.1, -0.05) is 0 Å². The predicted molar refractivity (Wildman–Crippen MR) is 69.3 cm³/mol. The molecule has 0 aliphatic carbocycles. The number of fused-ring (bicyclic) bond motifs is 1. The van der Waals surface area contributed by atoms with Crippen LogP contribution >= 0.6 is 11.8 Å². The number of halogens is 1. The summed E-state index contributed by atoms with van der Waals surface area (Å²) in [5, 5.41) is 8.05. The second-order valence-electron chi connectivity index (χ2n) is 4.04. The zero-order valence-corrected chi connectivity index (χ0v) is 10.4. The fourth-order valence-corrected chi connectivity index (χ4v) is 3.06. The summed E-state index contributed by atoms with van der Waals surface area (Å²) in [6, 6.07) is 0. The van der Waals surface area contributed by atoms with E-state index in [0.717, 1.165) is 0 Å². The number of nitrogens with zero attached hydrogens (tertiary/aromatic N) is 3. The maximum absolute atomic E-state index is 13.9. The molecule has 0 saturated carbocycles. The first kappa shape index (κ1) is 12.2. The van der Waals surface area contributed by atoms with Crippen molar-refractivity contribution >= 4 is 28.9 Å². The summed E-state index contributed by atoms with van der Waals surface area (Å²) in [6.45, 7) is -0.155. The fourth-order valence-electron chi connectivity index (χ4n) is 1.94. The van der Waals surface area contributed by atoms with Gasteiger partial charge in [0, 0.05) is 0 Å². The Hall–Kier alpha value is -1.87. The molecule has 0 spiro atoms. The quantitative estimate of drug-likeness (QED) is 0.724. The number of hydrogen-bond acceptors (Lipinski definition) is 6. The topological polar surface area (TPSA) is 110 Å². The molecule has 0 aromatic carbocycles. The Kier molecular flexibility index (Phi) is 2.79. The highest BCUT2D eigenvalue weighted by atomic mass is 32.2. The average Bonchev–Trinajstić information content (AvgIpc) is 2.92. The smallest absolute Gasteiger partial charge is 0.280 e. The van der Waals surface area contributed by atoms with Crippen molar-refractivity contribution in [2.45, 2.75) is 10.6 Å². The summed E-state index contributed by atoms with van der Waals surface area (Å²) in [7, 11) is 0. The van der Waals surface area contributed by atoms with Crippen molar-refractivity contribution in [3.8, 4) is 0 Å². The molecule has 0 amide bonds. The van der Waals surface area contributed by atoms with Gasteiger partial charge in [0.05, 0.1) is 18.2 Å². The fraction of sp³-hybridized carbons (Fsp3) is 0.300. The molecule has 2 atom stereocenters. The Morgan fingerprint density at radius 3 is 3.11 bits per heavy atom. The lowest BCUT2D eigenvalue weighted by Gasteiger charge is -2.12. The second-order valence-corrected chi connectivity index (χ2v) is 5.36. The number of imidazole rings is 1. The van der Waals surface area contributed by atoms with E-state index in [1.807, 2.05) is 0 Å². The molecule has 3 heterocycles. The maximum Gasteiger partial charge on any atom is 0.280 e. The van der Waals surface area contributed by atoms with Gasteiger partial charge in [0.15, 0.2) is 11.2 Å². The predicted octanol–water partition coefficient (Wildman–Crippen LogP) is 0.161. The van der Waals surface area contributed by atoms with Gasteiger partial charge >= 0.3 is 0 Å². The van der Waals surface area contributed by atoms with Gasteiger partial charge in [0.2, 0.25) is 5.95 Å². The molecule has 1 aliphatic heterocycles. The number of anilines is 1. The van der Waals surface area contributed by atoms with E-state index in [9.17, 15) is 9.18 Å². The SMILES string of the molecule is Nc1nc2c(ncn2C2S[C@@H](CO)C=C2F)c(=O)[nH]1. The van der Waals surface area contributed by atoms with Gasteiger partial charge in [-0.3, -0.25) is 14.3 Å². The number of rotatable bonds is 2. The van der Waals surface area contributed by atoms with E-state index in [0.29, 0.717) is 0 Å². The van der Waals surface area contributed by atoms with Crippen molar-refractivity contribution in [2.24, 2.45) is 0 Å². The van der Waals surface area contributed by atoms with E-state index in [-0.39, 0.29) is 29.0 Å². The third-order valence-electron chi connectivity index (χ3n) is 2.77. The van der Waals surface area contributed by atoms with Crippen LogP contribution in [0.25, 0.3) is 11.2 Å². The standard InChI is InChI=1S/C10H10FN5O2S/c11-5-1-4(2-17)19-9(5)16-3-13-6-7(16)14-10(12)15-8(6)18/h1,3-4,9,17H,2H2,(H3,12,14,15,18)/t4-,9?/m1/s1. The Labute approximate surface area is 110 Å². The van der Waals surface area contributed by atoms with Crippen molar-refractivity contribution in [3.05, 3.63) is 28.6 Å². The van der Waals surface area contributed by atoms with E-state index >= 15 is 0 Å². The van der Waals surface area contributed by atoms with Crippen molar-refractivity contribution in [2.75, 3.05) is 12.3 Å². The van der Waals surface area contributed by atoms with Crippen molar-refractivity contribution in [1.29, 1.82) is 0 Å². The first-order chi connectivity index (χ1) is 9.10. The lowest BCUT2D eigenvalue weighted by Crippen LogP contribution is -2.13. The number of aliphatic hydroxyl groups is 1. The average molecular weight is 283 g/mol. The summed E-state index contributed by atoms with van der Waals surface area (Å²) in [5.74, 6) is -0.450. The minimum Gasteiger partial charge on any atom is -0.395 e. The highest BCUT2D eigenvalue weighted by molar-refractivity contribution is 8.00. The van der Waals surface area contributed by atoms with Crippen LogP contribution in [0.3, 0.4) is 0 Å². The molecule has 9 heteroatoms. The lowest BCUT2D eigenvalue weighted by molar-refractivity contribution is 0.307. The van der Waals surface area contributed by atoms with Gasteiger partial charge < -0.3 is 10.8 Å². The number of thioether (sulfide) groups is 1. The molecule has 0 radical (unpaired) electrons. The van der Waals surface area contributed by atoms with E-state index in [2.05, 4.69) is 15.0 Å². The van der Waals surface area contributed by atoms with Crippen LogP contribution in [0, 0.1) is 0 Å². The van der Waals surface area contributed by atoms with Gasteiger partial charge in [-0.15, -0.1) is 11.8 Å². The molecule has 100 valence electrons. The Morgan fingerprint density at radius 1 is 1.63 bits per heavy atom. The summed E-state index contributed by atoms with van der Waals surface area (Å²) < 4.78 is 15.3. The van der Waals surface area contributed by atoms with Crippen LogP contribution < -0.4 is 11.3 Å². The Morgan fingerprint density at radius 2 is 2.42 bits per heavy atom. The van der Waals surface area contributed by atoms with E-state index in [1.54, 1.807) is 0 Å². The molecule has 1 unspecified atom stereocenters. The molecule has 19 heavy (non-hydrogen) atoms. The number of aromatic nitrogens is 4. The summed E-state index contributed by atoms with van der Waals surface area (Å²) in [4.78, 5) is 21.9. The van der Waals surface area contributed by atoms with Crippen LogP contribution in [-0.4, -0.2) is 36.5 Å². The monoisotopic (exact) mass is 283 g/mol. The Balaban J connectivity index is 2.12. The Bertz CT molecular complexity index is 724. The number of aliphatic hydroxyl groups excluding tert-OH is 1. The summed E-state index contributed by atoms with van der Waals surface area (Å²) in [6.07, 6.45) is 2.69. The zero-order chi connectivity index (χ0) is 13.6. The second kappa shape index (κ2) is 4.35. The van der Waals surface area contributed by atoms with Gasteiger partial charge in [-0.25, -0.2) is 9.37 Å². The molecule has 0 saturated heterocycles. The van der Waals surface area contributed by atoms with E-state index in [1.165, 1.54) is 28.7 Å². The minimum absolute atomic E-state index is 0.0506. The first-order valence-electron chi connectivity index (χ1n) is 5.46. The summed E-state index contributed by atoms with van der Waals surface area (Å²) in [5.41, 5.74) is 5.34. The van der Waals surface area contributed by atoms with Crippen LogP contribution in [0.15, 0.2) is 23.0 Å². The highest BCUT2D eigenvalue weighted by Crippen LogP contribution is 2.42. The highest BCUT2D eigenvalue weighted by Gasteiger charge is 2.30. The molecule has 2 aromatic heterocycles. The first-order valence-corrected chi connectivity index (χ1v) is 6.40.